The summed E-state index contributed by atoms with van der Waals surface area (Å²) in [7, 11) is 0. The lowest BCUT2D eigenvalue weighted by Crippen LogP contribution is -2.53. The van der Waals surface area contributed by atoms with Gasteiger partial charge in [0, 0.05) is 19.4 Å². The largest absolute Gasteiger partial charge is 0.507 e. The maximum absolute atomic E-state index is 14.1. The Morgan fingerprint density at radius 2 is 1.97 bits per heavy atom. The summed E-state index contributed by atoms with van der Waals surface area (Å²) in [4.78, 5) is 37.7. The number of benzene rings is 1. The molecule has 10 heteroatoms. The summed E-state index contributed by atoms with van der Waals surface area (Å²) in [6, 6.07) is 0.516. The van der Waals surface area contributed by atoms with Gasteiger partial charge in [-0.2, -0.15) is 0 Å². The maximum Gasteiger partial charge on any atom is 0.267 e. The van der Waals surface area contributed by atoms with Crippen molar-refractivity contribution in [1.29, 1.82) is 0 Å². The molecule has 3 N–H and O–H groups in total. The number of hydrogen-bond donors (Lipinski definition) is 3. The van der Waals surface area contributed by atoms with Gasteiger partial charge in [-0.25, -0.2) is 8.78 Å². The van der Waals surface area contributed by atoms with Crippen molar-refractivity contribution < 1.29 is 33.0 Å². The molecule has 2 aliphatic heterocycles. The molecule has 2 heterocycles. The Labute approximate surface area is 185 Å². The van der Waals surface area contributed by atoms with Crippen LogP contribution in [-0.4, -0.2) is 71.4 Å². The topological polar surface area (TPSA) is 111 Å². The second kappa shape index (κ2) is 9.50. The number of aryl methyl sites for hydroxylation is 2. The van der Waals surface area contributed by atoms with Crippen molar-refractivity contribution in [2.45, 2.75) is 70.3 Å². The van der Waals surface area contributed by atoms with E-state index in [1.54, 1.807) is 32.9 Å². The van der Waals surface area contributed by atoms with Crippen molar-refractivity contribution in [2.75, 3.05) is 13.2 Å². The van der Waals surface area contributed by atoms with Gasteiger partial charge in [-0.3, -0.25) is 9.59 Å². The number of carbonyl (C=O) groups is 3. The van der Waals surface area contributed by atoms with E-state index in [4.69, 9.17) is 4.74 Å². The van der Waals surface area contributed by atoms with E-state index < -0.39 is 48.8 Å². The van der Waals surface area contributed by atoms with E-state index in [0.29, 0.717) is 24.0 Å². The standard InChI is InChI=1S/C22H29F2N3O5/c1-12-4-15(5-13(2)19(12)29)8-25-14(3)21(31)27-11-22(23,24)7-18(27)20(30)26-16(9-28)6-17-10-32-17/h4-5,9,14,16-18,25,29H,6-8,10-11H2,1-3H3,(H,26,30)/t14-,16-,17?,18-/m0/s1. The molecule has 1 aromatic rings. The summed E-state index contributed by atoms with van der Waals surface area (Å²) in [6.45, 7) is 4.99. The Bertz CT molecular complexity index is 867. The molecule has 1 unspecified atom stereocenters. The van der Waals surface area contributed by atoms with E-state index in [1.807, 2.05) is 0 Å². The fraction of sp³-hybridized carbons (Fsp3) is 0.591. The number of phenolic OH excluding ortho intramolecular Hbond substituents is 1. The lowest BCUT2D eigenvalue weighted by Gasteiger charge is -2.27. The first-order valence-corrected chi connectivity index (χ1v) is 10.6. The third-order valence-electron chi connectivity index (χ3n) is 5.80. The molecule has 2 aliphatic rings. The summed E-state index contributed by atoms with van der Waals surface area (Å²) in [5.41, 5.74) is 2.21. The molecule has 4 atom stereocenters. The van der Waals surface area contributed by atoms with Gasteiger partial charge in [-0.1, -0.05) is 12.1 Å². The number of amides is 2. The van der Waals surface area contributed by atoms with Crippen molar-refractivity contribution in [2.24, 2.45) is 0 Å². The number of alkyl halides is 2. The molecule has 2 amide bonds. The first kappa shape index (κ1) is 24.1. The second-order valence-electron chi connectivity index (χ2n) is 8.67. The molecular weight excluding hydrogens is 424 g/mol. The molecule has 0 spiro atoms. The van der Waals surface area contributed by atoms with Crippen molar-refractivity contribution in [3.8, 4) is 5.75 Å². The van der Waals surface area contributed by atoms with Crippen molar-refractivity contribution in [3.63, 3.8) is 0 Å². The highest BCUT2D eigenvalue weighted by Gasteiger charge is 2.50. The molecule has 8 nitrogen and oxygen atoms in total. The zero-order chi connectivity index (χ0) is 23.6. The Morgan fingerprint density at radius 3 is 2.53 bits per heavy atom. The monoisotopic (exact) mass is 453 g/mol. The van der Waals surface area contributed by atoms with Gasteiger partial charge in [0.1, 0.15) is 18.1 Å². The number of likely N-dealkylation sites (tertiary alicyclic amines) is 1. The minimum atomic E-state index is -3.20. The number of halogens is 2. The zero-order valence-electron chi connectivity index (χ0n) is 18.4. The Hall–Kier alpha value is -2.59. The van der Waals surface area contributed by atoms with E-state index in [9.17, 15) is 28.3 Å². The predicted molar refractivity (Wildman–Crippen MR) is 111 cm³/mol. The minimum absolute atomic E-state index is 0.121. The van der Waals surface area contributed by atoms with Gasteiger partial charge in [-0.15, -0.1) is 0 Å². The molecule has 176 valence electrons. The van der Waals surface area contributed by atoms with Crippen LogP contribution in [0.25, 0.3) is 0 Å². The van der Waals surface area contributed by atoms with Crippen LogP contribution in [0.2, 0.25) is 0 Å². The van der Waals surface area contributed by atoms with Crippen LogP contribution in [-0.2, 0) is 25.7 Å². The van der Waals surface area contributed by atoms with Crippen LogP contribution < -0.4 is 10.6 Å². The van der Waals surface area contributed by atoms with E-state index >= 15 is 0 Å². The normalized spacial score (nSPS) is 23.5. The van der Waals surface area contributed by atoms with Gasteiger partial charge < -0.3 is 30.2 Å². The first-order valence-electron chi connectivity index (χ1n) is 10.6. The highest BCUT2D eigenvalue weighted by molar-refractivity contribution is 5.91. The molecule has 0 saturated carbocycles. The van der Waals surface area contributed by atoms with Gasteiger partial charge in [0.25, 0.3) is 5.92 Å². The quantitative estimate of drug-likeness (QED) is 0.383. The predicted octanol–water partition coefficient (Wildman–Crippen LogP) is 1.20. The summed E-state index contributed by atoms with van der Waals surface area (Å²) < 4.78 is 33.3. The number of epoxide rings is 1. The van der Waals surface area contributed by atoms with E-state index in [-0.39, 0.29) is 24.8 Å². The van der Waals surface area contributed by atoms with Crippen LogP contribution in [0.5, 0.6) is 5.75 Å². The molecule has 0 aromatic heterocycles. The number of nitrogens with one attached hydrogen (secondary N) is 2. The molecule has 0 bridgehead atoms. The van der Waals surface area contributed by atoms with Crippen LogP contribution in [0, 0.1) is 13.8 Å². The smallest absolute Gasteiger partial charge is 0.267 e. The third kappa shape index (κ3) is 5.80. The summed E-state index contributed by atoms with van der Waals surface area (Å²) in [5, 5.41) is 15.3. The van der Waals surface area contributed by atoms with Crippen LogP contribution in [0.1, 0.15) is 36.5 Å². The number of carbonyl (C=O) groups excluding carboxylic acids is 3. The van der Waals surface area contributed by atoms with Gasteiger partial charge in [0.15, 0.2) is 0 Å². The highest BCUT2D eigenvalue weighted by atomic mass is 19.3. The molecule has 0 radical (unpaired) electrons. The molecule has 0 aliphatic carbocycles. The molecule has 2 fully saturated rings. The highest BCUT2D eigenvalue weighted by Crippen LogP contribution is 2.33. The van der Waals surface area contributed by atoms with Gasteiger partial charge >= 0.3 is 0 Å². The number of hydrogen-bond acceptors (Lipinski definition) is 6. The van der Waals surface area contributed by atoms with Crippen LogP contribution >= 0.6 is 0 Å². The van der Waals surface area contributed by atoms with E-state index in [1.165, 1.54) is 0 Å². The van der Waals surface area contributed by atoms with Gasteiger partial charge in [-0.05, 0) is 37.5 Å². The number of rotatable bonds is 9. The lowest BCUT2D eigenvalue weighted by molar-refractivity contribution is -0.140. The van der Waals surface area contributed by atoms with Crippen molar-refractivity contribution >= 4 is 18.1 Å². The van der Waals surface area contributed by atoms with Crippen molar-refractivity contribution in [3.05, 3.63) is 28.8 Å². The summed E-state index contributed by atoms with van der Waals surface area (Å²) in [5.74, 6) is -4.39. The fourth-order valence-electron chi connectivity index (χ4n) is 3.95. The number of ether oxygens (including phenoxy) is 1. The summed E-state index contributed by atoms with van der Waals surface area (Å²) in [6.07, 6.45) is -0.0934. The number of aldehydes is 1. The molecular formula is C22H29F2N3O5. The molecule has 1 aromatic carbocycles. The maximum atomic E-state index is 14.1. The first-order chi connectivity index (χ1) is 15.0. The molecule has 3 rings (SSSR count). The van der Waals surface area contributed by atoms with E-state index in [0.717, 1.165) is 10.5 Å². The van der Waals surface area contributed by atoms with Crippen LogP contribution in [0.15, 0.2) is 12.1 Å². The third-order valence-corrected chi connectivity index (χ3v) is 5.80. The SMILES string of the molecule is Cc1cc(CN[C@@H](C)C(=O)N2CC(F)(F)C[C@H]2C(=O)N[C@H](C=O)CC2CO2)cc(C)c1O. The zero-order valence-corrected chi connectivity index (χ0v) is 18.4. The van der Waals surface area contributed by atoms with Crippen LogP contribution in [0.4, 0.5) is 8.78 Å². The Morgan fingerprint density at radius 1 is 1.34 bits per heavy atom. The lowest BCUT2D eigenvalue weighted by atomic mass is 10.1. The van der Waals surface area contributed by atoms with E-state index in [2.05, 4.69) is 10.6 Å². The van der Waals surface area contributed by atoms with Crippen LogP contribution in [0.3, 0.4) is 0 Å². The number of aromatic hydroxyl groups is 1. The van der Waals surface area contributed by atoms with Crippen molar-refractivity contribution in [1.82, 2.24) is 15.5 Å². The number of phenols is 1. The van der Waals surface area contributed by atoms with Gasteiger partial charge in [0.2, 0.25) is 11.8 Å². The minimum Gasteiger partial charge on any atom is -0.507 e. The Balaban J connectivity index is 1.64. The molecule has 32 heavy (non-hydrogen) atoms. The fourth-order valence-corrected chi connectivity index (χ4v) is 3.95. The van der Waals surface area contributed by atoms with Gasteiger partial charge in [0.05, 0.1) is 31.3 Å². The molecule has 2 saturated heterocycles. The average Bonchev–Trinajstić information content (AvgIpc) is 3.49. The number of nitrogens with zero attached hydrogens (tertiary/aromatic N) is 1. The summed E-state index contributed by atoms with van der Waals surface area (Å²) >= 11 is 0. The average molecular weight is 453 g/mol. The Kier molecular flexibility index (Phi) is 7.14. The second-order valence-corrected chi connectivity index (χ2v) is 8.67.